The highest BCUT2D eigenvalue weighted by Gasteiger charge is 2.21. The zero-order chi connectivity index (χ0) is 17.5. The molecule has 1 saturated heterocycles. The summed E-state index contributed by atoms with van der Waals surface area (Å²) < 4.78 is 18.7. The highest BCUT2D eigenvalue weighted by molar-refractivity contribution is 5.74. The number of rotatable bonds is 6. The van der Waals surface area contributed by atoms with Gasteiger partial charge in [0.15, 0.2) is 11.6 Å². The predicted molar refractivity (Wildman–Crippen MR) is 88.5 cm³/mol. The van der Waals surface area contributed by atoms with Crippen LogP contribution in [0.1, 0.15) is 5.82 Å². The van der Waals surface area contributed by atoms with Crippen molar-refractivity contribution < 1.29 is 13.9 Å². The Morgan fingerprint density at radius 2 is 2.08 bits per heavy atom. The number of benzene rings is 1. The fourth-order valence-electron chi connectivity index (χ4n) is 2.62. The van der Waals surface area contributed by atoms with Gasteiger partial charge in [-0.25, -0.2) is 14.2 Å². The number of urea groups is 1. The van der Waals surface area contributed by atoms with Crippen LogP contribution in [0.3, 0.4) is 0 Å². The molecule has 1 aliphatic heterocycles. The number of amides is 2. The van der Waals surface area contributed by atoms with Crippen molar-refractivity contribution in [3.05, 3.63) is 42.2 Å². The van der Waals surface area contributed by atoms with Gasteiger partial charge in [0.2, 0.25) is 0 Å². The van der Waals surface area contributed by atoms with Crippen LogP contribution in [0.5, 0.6) is 5.75 Å². The molecule has 0 atom stereocenters. The van der Waals surface area contributed by atoms with Crippen molar-refractivity contribution >= 4 is 6.03 Å². The number of halogens is 1. The van der Waals surface area contributed by atoms with Gasteiger partial charge < -0.3 is 15.0 Å². The van der Waals surface area contributed by atoms with Crippen molar-refractivity contribution in [1.82, 2.24) is 30.3 Å². The summed E-state index contributed by atoms with van der Waals surface area (Å²) in [6, 6.07) is 6.08. The van der Waals surface area contributed by atoms with E-state index in [1.807, 2.05) is 0 Å². The van der Waals surface area contributed by atoms with E-state index >= 15 is 0 Å². The van der Waals surface area contributed by atoms with Gasteiger partial charge in [0.25, 0.3) is 0 Å². The maximum Gasteiger partial charge on any atom is 0.317 e. The van der Waals surface area contributed by atoms with Crippen LogP contribution in [0.2, 0.25) is 0 Å². The van der Waals surface area contributed by atoms with Gasteiger partial charge in [-0.3, -0.25) is 10.00 Å². The SMILES string of the molecule is O=C(NCCOc1ccccc1F)N1CCN(Cc2ncn[nH]2)CC1. The van der Waals surface area contributed by atoms with Crippen molar-refractivity contribution in [1.29, 1.82) is 0 Å². The first kappa shape index (κ1) is 17.2. The molecule has 1 fully saturated rings. The van der Waals surface area contributed by atoms with E-state index < -0.39 is 5.82 Å². The van der Waals surface area contributed by atoms with Gasteiger partial charge in [-0.1, -0.05) is 12.1 Å². The van der Waals surface area contributed by atoms with Crippen molar-refractivity contribution in [2.24, 2.45) is 0 Å². The second-order valence-corrected chi connectivity index (χ2v) is 5.71. The zero-order valence-electron chi connectivity index (χ0n) is 13.8. The first-order valence-electron chi connectivity index (χ1n) is 8.19. The summed E-state index contributed by atoms with van der Waals surface area (Å²) in [6.07, 6.45) is 1.49. The minimum atomic E-state index is -0.406. The van der Waals surface area contributed by atoms with Crippen LogP contribution in [0.4, 0.5) is 9.18 Å². The lowest BCUT2D eigenvalue weighted by atomic mass is 10.3. The summed E-state index contributed by atoms with van der Waals surface area (Å²) in [6.45, 7) is 4.09. The molecule has 1 aromatic carbocycles. The third-order valence-corrected chi connectivity index (χ3v) is 3.97. The summed E-state index contributed by atoms with van der Waals surface area (Å²) in [4.78, 5) is 20.2. The van der Waals surface area contributed by atoms with Gasteiger partial charge >= 0.3 is 6.03 Å². The number of nitrogens with one attached hydrogen (secondary N) is 2. The molecule has 1 aliphatic rings. The summed E-state index contributed by atoms with van der Waals surface area (Å²) in [5, 5.41) is 9.46. The number of piperazine rings is 1. The molecule has 0 bridgehead atoms. The van der Waals surface area contributed by atoms with Crippen LogP contribution in [0.15, 0.2) is 30.6 Å². The fourth-order valence-corrected chi connectivity index (χ4v) is 2.62. The average molecular weight is 348 g/mol. The van der Waals surface area contributed by atoms with Gasteiger partial charge in [-0.15, -0.1) is 0 Å². The Balaban J connectivity index is 1.33. The molecule has 2 N–H and O–H groups in total. The third kappa shape index (κ3) is 4.90. The molecule has 134 valence electrons. The monoisotopic (exact) mass is 348 g/mol. The average Bonchev–Trinajstić information content (AvgIpc) is 3.13. The lowest BCUT2D eigenvalue weighted by Gasteiger charge is -2.34. The summed E-state index contributed by atoms with van der Waals surface area (Å²) in [7, 11) is 0. The predicted octanol–water partition coefficient (Wildman–Crippen LogP) is 0.850. The molecule has 0 aliphatic carbocycles. The minimum Gasteiger partial charge on any atom is -0.489 e. The maximum absolute atomic E-state index is 13.4. The van der Waals surface area contributed by atoms with Crippen molar-refractivity contribution in [3.8, 4) is 5.75 Å². The van der Waals surface area contributed by atoms with Crippen LogP contribution in [0, 0.1) is 5.82 Å². The van der Waals surface area contributed by atoms with Crippen molar-refractivity contribution in [2.45, 2.75) is 6.54 Å². The number of nitrogens with zero attached hydrogens (tertiary/aromatic N) is 4. The van der Waals surface area contributed by atoms with Gasteiger partial charge in [0.05, 0.1) is 13.1 Å². The standard InChI is InChI=1S/C16H21FN6O2/c17-13-3-1-2-4-14(13)25-10-5-18-16(24)23-8-6-22(7-9-23)11-15-19-12-20-21-15/h1-4,12H,5-11H2,(H,18,24)(H,19,20,21). The van der Waals surface area contributed by atoms with E-state index in [0.29, 0.717) is 26.2 Å². The van der Waals surface area contributed by atoms with Crippen molar-refractivity contribution in [3.63, 3.8) is 0 Å². The fraction of sp³-hybridized carbons (Fsp3) is 0.438. The largest absolute Gasteiger partial charge is 0.489 e. The molecule has 2 aromatic rings. The van der Waals surface area contributed by atoms with Crippen LogP contribution in [0.25, 0.3) is 0 Å². The van der Waals surface area contributed by atoms with E-state index in [1.54, 1.807) is 23.1 Å². The van der Waals surface area contributed by atoms with Crippen LogP contribution >= 0.6 is 0 Å². The minimum absolute atomic E-state index is 0.128. The molecule has 0 saturated carbocycles. The molecule has 1 aromatic heterocycles. The van der Waals surface area contributed by atoms with Crippen LogP contribution < -0.4 is 10.1 Å². The van der Waals surface area contributed by atoms with Gasteiger partial charge in [0, 0.05) is 26.2 Å². The van der Waals surface area contributed by atoms with Crippen LogP contribution in [-0.2, 0) is 6.54 Å². The second kappa shape index (κ2) is 8.43. The van der Waals surface area contributed by atoms with E-state index in [1.165, 1.54) is 12.4 Å². The highest BCUT2D eigenvalue weighted by Crippen LogP contribution is 2.14. The molecule has 25 heavy (non-hydrogen) atoms. The van der Waals surface area contributed by atoms with Gasteiger partial charge in [-0.2, -0.15) is 5.10 Å². The molecule has 9 heteroatoms. The number of aromatic amines is 1. The topological polar surface area (TPSA) is 86.4 Å². The molecule has 8 nitrogen and oxygen atoms in total. The van der Waals surface area contributed by atoms with E-state index in [9.17, 15) is 9.18 Å². The lowest BCUT2D eigenvalue weighted by molar-refractivity contribution is 0.132. The number of hydrogen-bond acceptors (Lipinski definition) is 5. The molecule has 0 spiro atoms. The van der Waals surface area contributed by atoms with E-state index in [0.717, 1.165) is 18.9 Å². The van der Waals surface area contributed by atoms with E-state index in [2.05, 4.69) is 25.4 Å². The highest BCUT2D eigenvalue weighted by atomic mass is 19.1. The van der Waals surface area contributed by atoms with E-state index in [4.69, 9.17) is 4.74 Å². The Hall–Kier alpha value is -2.68. The van der Waals surface area contributed by atoms with Crippen LogP contribution in [-0.4, -0.2) is 70.3 Å². The Kier molecular flexibility index (Phi) is 5.78. The number of aromatic nitrogens is 3. The number of carbonyl (C=O) groups excluding carboxylic acids is 1. The number of H-pyrrole nitrogens is 1. The molecule has 3 rings (SSSR count). The first-order valence-corrected chi connectivity index (χ1v) is 8.19. The summed E-state index contributed by atoms with van der Waals surface area (Å²) >= 11 is 0. The smallest absolute Gasteiger partial charge is 0.317 e. The Morgan fingerprint density at radius 1 is 1.28 bits per heavy atom. The number of hydrogen-bond donors (Lipinski definition) is 2. The number of para-hydroxylation sites is 1. The molecule has 0 radical (unpaired) electrons. The molecule has 0 unspecified atom stereocenters. The summed E-state index contributed by atoms with van der Waals surface area (Å²) in [5.74, 6) is 0.609. The molecular formula is C16H21FN6O2. The number of carbonyl (C=O) groups is 1. The quantitative estimate of drug-likeness (QED) is 0.756. The van der Waals surface area contributed by atoms with Gasteiger partial charge in [0.1, 0.15) is 18.8 Å². The second-order valence-electron chi connectivity index (χ2n) is 5.71. The normalized spacial score (nSPS) is 15.2. The summed E-state index contributed by atoms with van der Waals surface area (Å²) in [5.41, 5.74) is 0. The first-order chi connectivity index (χ1) is 12.2. The molecular weight excluding hydrogens is 327 g/mol. The Morgan fingerprint density at radius 3 is 2.80 bits per heavy atom. The number of ether oxygens (including phenoxy) is 1. The Labute approximate surface area is 145 Å². The van der Waals surface area contributed by atoms with Crippen molar-refractivity contribution in [2.75, 3.05) is 39.3 Å². The lowest BCUT2D eigenvalue weighted by Crippen LogP contribution is -2.52. The maximum atomic E-state index is 13.4. The zero-order valence-corrected chi connectivity index (χ0v) is 13.8. The van der Waals surface area contributed by atoms with E-state index in [-0.39, 0.29) is 18.4 Å². The van der Waals surface area contributed by atoms with Gasteiger partial charge in [-0.05, 0) is 12.1 Å². The molecule has 2 amide bonds. The Bertz CT molecular complexity index is 673. The third-order valence-electron chi connectivity index (χ3n) is 3.97. The molecule has 2 heterocycles.